The number of hydrogen-bond acceptors (Lipinski definition) is 5. The molecule has 1 heterocycles. The molecule has 2 N–H and O–H groups in total. The number of benzene rings is 2. The summed E-state index contributed by atoms with van der Waals surface area (Å²) in [6.45, 7) is 3.59. The molecule has 6 heteroatoms. The van der Waals surface area contributed by atoms with Crippen molar-refractivity contribution in [2.75, 3.05) is 6.61 Å². The Hall–Kier alpha value is -2.76. The van der Waals surface area contributed by atoms with Gasteiger partial charge in [0.15, 0.2) is 6.61 Å². The molecule has 0 unspecified atom stereocenters. The van der Waals surface area contributed by atoms with Gasteiger partial charge in [-0.15, -0.1) is 0 Å². The maximum absolute atomic E-state index is 12.5. The van der Waals surface area contributed by atoms with Crippen LogP contribution in [-0.4, -0.2) is 45.7 Å². The minimum atomic E-state index is -0.839. The van der Waals surface area contributed by atoms with E-state index in [1.54, 1.807) is 29.2 Å². The highest BCUT2D eigenvalue weighted by Crippen LogP contribution is 2.35. The quantitative estimate of drug-likeness (QED) is 0.651. The van der Waals surface area contributed by atoms with E-state index < -0.39 is 5.97 Å². The number of fused-ring (bicyclic) bond motifs is 1. The zero-order valence-corrected chi connectivity index (χ0v) is 14.9. The molecular formula is C20H23NO5. The maximum Gasteiger partial charge on any atom is 0.342 e. The first-order valence-electron chi connectivity index (χ1n) is 8.82. The standard InChI is InChI=1S/C20H23NO5/c1-12-6-5-7-13(2)21(12)18(23)11-26-20(25)16-10-17(22)14-8-3-4-9-15(14)19(16)24/h3-4,8-10,12-13,22,24H,5-7,11H2,1-2H3/t12-,13-/m0/s1. The lowest BCUT2D eigenvalue weighted by Crippen LogP contribution is -2.49. The number of likely N-dealkylation sites (tertiary alicyclic amines) is 1. The van der Waals surface area contributed by atoms with Gasteiger partial charge < -0.3 is 19.8 Å². The van der Waals surface area contributed by atoms with Crippen molar-refractivity contribution in [3.8, 4) is 11.5 Å². The molecule has 0 aromatic heterocycles. The second kappa shape index (κ2) is 7.23. The van der Waals surface area contributed by atoms with E-state index in [2.05, 4.69) is 0 Å². The van der Waals surface area contributed by atoms with Gasteiger partial charge in [0.05, 0.1) is 0 Å². The third kappa shape index (κ3) is 3.31. The minimum absolute atomic E-state index is 0.114. The predicted molar refractivity (Wildman–Crippen MR) is 97.2 cm³/mol. The maximum atomic E-state index is 12.5. The number of carbonyl (C=O) groups is 2. The van der Waals surface area contributed by atoms with Gasteiger partial charge in [-0.1, -0.05) is 24.3 Å². The molecular weight excluding hydrogens is 334 g/mol. The Morgan fingerprint density at radius 2 is 1.73 bits per heavy atom. The van der Waals surface area contributed by atoms with E-state index in [0.29, 0.717) is 10.8 Å². The Morgan fingerprint density at radius 3 is 2.38 bits per heavy atom. The summed E-state index contributed by atoms with van der Waals surface area (Å²) in [5.74, 6) is -1.48. The summed E-state index contributed by atoms with van der Waals surface area (Å²) in [5, 5.41) is 21.2. The molecule has 3 rings (SSSR count). The van der Waals surface area contributed by atoms with Gasteiger partial charge in [0, 0.05) is 22.9 Å². The molecule has 2 atom stereocenters. The Balaban J connectivity index is 1.75. The predicted octanol–water partition coefficient (Wildman–Crippen LogP) is 3.20. The van der Waals surface area contributed by atoms with E-state index >= 15 is 0 Å². The number of aromatic hydroxyl groups is 2. The fourth-order valence-corrected chi connectivity index (χ4v) is 3.69. The van der Waals surface area contributed by atoms with Gasteiger partial charge in [-0.2, -0.15) is 0 Å². The minimum Gasteiger partial charge on any atom is -0.507 e. The van der Waals surface area contributed by atoms with Crippen LogP contribution in [0.5, 0.6) is 11.5 Å². The molecule has 1 fully saturated rings. The van der Waals surface area contributed by atoms with Crippen LogP contribution in [0.1, 0.15) is 43.5 Å². The second-order valence-electron chi connectivity index (χ2n) is 6.84. The molecule has 2 aromatic carbocycles. The normalized spacial score (nSPS) is 20.2. The fourth-order valence-electron chi connectivity index (χ4n) is 3.69. The van der Waals surface area contributed by atoms with Crippen molar-refractivity contribution in [3.63, 3.8) is 0 Å². The smallest absolute Gasteiger partial charge is 0.342 e. The Morgan fingerprint density at radius 1 is 1.12 bits per heavy atom. The molecule has 1 amide bonds. The van der Waals surface area contributed by atoms with Gasteiger partial charge >= 0.3 is 5.97 Å². The van der Waals surface area contributed by atoms with Crippen LogP contribution in [0, 0.1) is 0 Å². The van der Waals surface area contributed by atoms with Crippen LogP contribution in [0.25, 0.3) is 10.8 Å². The van der Waals surface area contributed by atoms with Crippen LogP contribution >= 0.6 is 0 Å². The number of piperidine rings is 1. The van der Waals surface area contributed by atoms with Crippen LogP contribution in [0.15, 0.2) is 30.3 Å². The number of nitrogens with zero attached hydrogens (tertiary/aromatic N) is 1. The van der Waals surface area contributed by atoms with Crippen molar-refractivity contribution in [3.05, 3.63) is 35.9 Å². The molecule has 1 aliphatic rings. The third-order valence-electron chi connectivity index (χ3n) is 5.02. The topological polar surface area (TPSA) is 87.1 Å². The first kappa shape index (κ1) is 18.0. The number of hydrogen-bond donors (Lipinski definition) is 2. The van der Waals surface area contributed by atoms with Crippen LogP contribution < -0.4 is 0 Å². The summed E-state index contributed by atoms with van der Waals surface area (Å²) in [4.78, 5) is 26.6. The largest absolute Gasteiger partial charge is 0.507 e. The average molecular weight is 357 g/mol. The summed E-state index contributed by atoms with van der Waals surface area (Å²) < 4.78 is 5.12. The van der Waals surface area contributed by atoms with E-state index in [0.717, 1.165) is 25.3 Å². The average Bonchev–Trinajstić information content (AvgIpc) is 2.62. The number of ether oxygens (including phenoxy) is 1. The Bertz CT molecular complexity index is 837. The number of amides is 1. The van der Waals surface area contributed by atoms with E-state index in [-0.39, 0.29) is 41.7 Å². The molecule has 6 nitrogen and oxygen atoms in total. The summed E-state index contributed by atoms with van der Waals surface area (Å²) in [5.41, 5.74) is -0.159. The van der Waals surface area contributed by atoms with Gasteiger partial charge in [-0.3, -0.25) is 4.79 Å². The molecule has 2 aromatic rings. The van der Waals surface area contributed by atoms with Gasteiger partial charge in [0.2, 0.25) is 0 Å². The molecule has 0 spiro atoms. The number of rotatable bonds is 3. The fraction of sp³-hybridized carbons (Fsp3) is 0.400. The lowest BCUT2D eigenvalue weighted by atomic mass is 9.97. The third-order valence-corrected chi connectivity index (χ3v) is 5.02. The zero-order chi connectivity index (χ0) is 18.8. The van der Waals surface area contributed by atoms with Crippen molar-refractivity contribution in [1.82, 2.24) is 4.90 Å². The highest BCUT2D eigenvalue weighted by atomic mass is 16.5. The number of phenolic OH excluding ortho intramolecular Hbond substituents is 2. The molecule has 0 radical (unpaired) electrons. The second-order valence-corrected chi connectivity index (χ2v) is 6.84. The highest BCUT2D eigenvalue weighted by Gasteiger charge is 2.29. The van der Waals surface area contributed by atoms with E-state index in [1.807, 2.05) is 13.8 Å². The van der Waals surface area contributed by atoms with Crippen LogP contribution in [0.3, 0.4) is 0 Å². The summed E-state index contributed by atoms with van der Waals surface area (Å²) in [6, 6.07) is 8.05. The van der Waals surface area contributed by atoms with Gasteiger partial charge in [-0.25, -0.2) is 4.79 Å². The first-order chi connectivity index (χ1) is 12.4. The van der Waals surface area contributed by atoms with Gasteiger partial charge in [0.25, 0.3) is 5.91 Å². The molecule has 1 aliphatic heterocycles. The van der Waals surface area contributed by atoms with Gasteiger partial charge in [-0.05, 0) is 39.2 Å². The molecule has 1 saturated heterocycles. The summed E-state index contributed by atoms with van der Waals surface area (Å²) in [7, 11) is 0. The lowest BCUT2D eigenvalue weighted by Gasteiger charge is -2.38. The van der Waals surface area contributed by atoms with E-state index in [1.165, 1.54) is 0 Å². The lowest BCUT2D eigenvalue weighted by molar-refractivity contribution is -0.140. The number of carbonyl (C=O) groups excluding carboxylic acids is 2. The summed E-state index contributed by atoms with van der Waals surface area (Å²) in [6.07, 6.45) is 2.95. The monoisotopic (exact) mass is 357 g/mol. The van der Waals surface area contributed by atoms with Crippen molar-refractivity contribution < 1.29 is 24.5 Å². The van der Waals surface area contributed by atoms with E-state index in [4.69, 9.17) is 4.74 Å². The molecule has 0 bridgehead atoms. The molecule has 138 valence electrons. The van der Waals surface area contributed by atoms with Crippen LogP contribution in [0.4, 0.5) is 0 Å². The van der Waals surface area contributed by atoms with E-state index in [9.17, 15) is 19.8 Å². The molecule has 0 saturated carbocycles. The van der Waals surface area contributed by atoms with Gasteiger partial charge in [0.1, 0.15) is 17.1 Å². The summed E-state index contributed by atoms with van der Waals surface area (Å²) >= 11 is 0. The SMILES string of the molecule is C[C@H]1CCC[C@H](C)N1C(=O)COC(=O)c1cc(O)c2ccccc2c1O. The molecule has 0 aliphatic carbocycles. The van der Waals surface area contributed by atoms with Crippen molar-refractivity contribution in [1.29, 1.82) is 0 Å². The molecule has 26 heavy (non-hydrogen) atoms. The first-order valence-corrected chi connectivity index (χ1v) is 8.82. The number of esters is 1. The Kier molecular flexibility index (Phi) is 5.02. The zero-order valence-electron chi connectivity index (χ0n) is 14.9. The Labute approximate surface area is 152 Å². The van der Waals surface area contributed by atoms with Crippen LogP contribution in [-0.2, 0) is 9.53 Å². The number of phenols is 2. The van der Waals surface area contributed by atoms with Crippen molar-refractivity contribution >= 4 is 22.6 Å². The van der Waals surface area contributed by atoms with Crippen molar-refractivity contribution in [2.24, 2.45) is 0 Å². The van der Waals surface area contributed by atoms with Crippen LogP contribution in [0.2, 0.25) is 0 Å². The highest BCUT2D eigenvalue weighted by molar-refractivity contribution is 6.04. The van der Waals surface area contributed by atoms with Crippen molar-refractivity contribution in [2.45, 2.75) is 45.2 Å².